The summed E-state index contributed by atoms with van der Waals surface area (Å²) in [6.45, 7) is -0.252. The lowest BCUT2D eigenvalue weighted by Crippen LogP contribution is -2.12. The summed E-state index contributed by atoms with van der Waals surface area (Å²) in [6.07, 6.45) is -4.44. The van der Waals surface area contributed by atoms with Crippen LogP contribution in [0.1, 0.15) is 21.5 Å². The summed E-state index contributed by atoms with van der Waals surface area (Å²) in [5, 5.41) is 0. The Hall–Kier alpha value is -2.50. The second-order valence-electron chi connectivity index (χ2n) is 4.34. The van der Waals surface area contributed by atoms with Crippen LogP contribution in [0.4, 0.5) is 13.2 Å². The zero-order valence-corrected chi connectivity index (χ0v) is 10.9. The van der Waals surface area contributed by atoms with E-state index >= 15 is 0 Å². The number of benzene rings is 2. The number of amides is 1. The van der Waals surface area contributed by atoms with Gasteiger partial charge in [0.05, 0.1) is 5.56 Å². The van der Waals surface area contributed by atoms with E-state index < -0.39 is 17.6 Å². The lowest BCUT2D eigenvalue weighted by molar-refractivity contribution is -0.138. The molecule has 3 nitrogen and oxygen atoms in total. The van der Waals surface area contributed by atoms with E-state index in [1.807, 2.05) is 0 Å². The van der Waals surface area contributed by atoms with Crippen molar-refractivity contribution in [2.24, 2.45) is 5.73 Å². The van der Waals surface area contributed by atoms with E-state index in [2.05, 4.69) is 0 Å². The predicted molar refractivity (Wildman–Crippen MR) is 70.7 cm³/mol. The average Bonchev–Trinajstić information content (AvgIpc) is 2.45. The van der Waals surface area contributed by atoms with Gasteiger partial charge in [-0.1, -0.05) is 24.3 Å². The second kappa shape index (κ2) is 5.87. The molecule has 1 amide bonds. The molecule has 0 aliphatic rings. The summed E-state index contributed by atoms with van der Waals surface area (Å²) in [4.78, 5) is 11.0. The van der Waals surface area contributed by atoms with E-state index in [1.165, 1.54) is 30.3 Å². The highest BCUT2D eigenvalue weighted by molar-refractivity contribution is 5.93. The maximum Gasteiger partial charge on any atom is 0.416 e. The number of ether oxygens (including phenoxy) is 1. The van der Waals surface area contributed by atoms with Crippen molar-refractivity contribution in [1.29, 1.82) is 0 Å². The molecule has 0 saturated heterocycles. The molecule has 0 aliphatic heterocycles. The second-order valence-corrected chi connectivity index (χ2v) is 4.34. The smallest absolute Gasteiger partial charge is 0.416 e. The van der Waals surface area contributed by atoms with E-state index in [4.69, 9.17) is 10.5 Å². The number of carbonyl (C=O) groups is 1. The molecule has 2 rings (SSSR count). The SMILES string of the molecule is NC(=O)c1cccc(OCc2ccccc2C(F)(F)F)c1. The highest BCUT2D eigenvalue weighted by Crippen LogP contribution is 2.32. The minimum atomic E-state index is -4.44. The van der Waals surface area contributed by atoms with E-state index in [9.17, 15) is 18.0 Å². The van der Waals surface area contributed by atoms with Crippen molar-refractivity contribution in [2.75, 3.05) is 0 Å². The van der Waals surface area contributed by atoms with Gasteiger partial charge in [-0.15, -0.1) is 0 Å². The zero-order chi connectivity index (χ0) is 15.5. The first-order chi connectivity index (χ1) is 9.88. The molecule has 6 heteroatoms. The van der Waals surface area contributed by atoms with Gasteiger partial charge in [-0.3, -0.25) is 4.79 Å². The topological polar surface area (TPSA) is 52.3 Å². The van der Waals surface area contributed by atoms with Crippen LogP contribution in [0, 0.1) is 0 Å². The number of primary amides is 1. The van der Waals surface area contributed by atoms with Crippen LogP contribution >= 0.6 is 0 Å². The van der Waals surface area contributed by atoms with E-state index in [0.29, 0.717) is 0 Å². The van der Waals surface area contributed by atoms with Crippen molar-refractivity contribution < 1.29 is 22.7 Å². The first-order valence-corrected chi connectivity index (χ1v) is 6.05. The molecular formula is C15H12F3NO2. The molecule has 0 aromatic heterocycles. The largest absolute Gasteiger partial charge is 0.489 e. The Balaban J connectivity index is 2.17. The number of hydrogen-bond acceptors (Lipinski definition) is 2. The molecule has 2 N–H and O–H groups in total. The van der Waals surface area contributed by atoms with Gasteiger partial charge in [-0.2, -0.15) is 13.2 Å². The normalized spacial score (nSPS) is 11.2. The van der Waals surface area contributed by atoms with Gasteiger partial charge in [0.25, 0.3) is 0 Å². The van der Waals surface area contributed by atoms with Crippen molar-refractivity contribution in [3.05, 3.63) is 65.2 Å². The van der Waals surface area contributed by atoms with Crippen LogP contribution in [-0.2, 0) is 12.8 Å². The average molecular weight is 295 g/mol. The number of rotatable bonds is 4. The quantitative estimate of drug-likeness (QED) is 0.940. The zero-order valence-electron chi connectivity index (χ0n) is 10.9. The van der Waals surface area contributed by atoms with Crippen LogP contribution < -0.4 is 10.5 Å². The van der Waals surface area contributed by atoms with Gasteiger partial charge < -0.3 is 10.5 Å². The molecule has 2 aromatic rings. The maximum atomic E-state index is 12.8. The monoisotopic (exact) mass is 295 g/mol. The van der Waals surface area contributed by atoms with Crippen molar-refractivity contribution in [3.8, 4) is 5.75 Å². The van der Waals surface area contributed by atoms with Crippen LogP contribution in [0.3, 0.4) is 0 Å². The molecule has 0 fully saturated rings. The van der Waals surface area contributed by atoms with Crippen LogP contribution in [0.5, 0.6) is 5.75 Å². The molecular weight excluding hydrogens is 283 g/mol. The fourth-order valence-electron chi connectivity index (χ4n) is 1.82. The van der Waals surface area contributed by atoms with Crippen molar-refractivity contribution >= 4 is 5.91 Å². The standard InChI is InChI=1S/C15H12F3NO2/c16-15(17,18)13-7-2-1-4-11(13)9-21-12-6-3-5-10(8-12)14(19)20/h1-8H,9H2,(H2,19,20). The summed E-state index contributed by atoms with van der Waals surface area (Å²) in [6, 6.07) is 11.2. The third kappa shape index (κ3) is 3.75. The fourth-order valence-corrected chi connectivity index (χ4v) is 1.82. The highest BCUT2D eigenvalue weighted by Gasteiger charge is 2.32. The van der Waals surface area contributed by atoms with E-state index in [1.54, 1.807) is 12.1 Å². The minimum Gasteiger partial charge on any atom is -0.489 e. The van der Waals surface area contributed by atoms with Crippen LogP contribution in [0.25, 0.3) is 0 Å². The van der Waals surface area contributed by atoms with Gasteiger partial charge in [0.1, 0.15) is 12.4 Å². The van der Waals surface area contributed by atoms with Gasteiger partial charge in [0, 0.05) is 11.1 Å². The third-order valence-corrected chi connectivity index (χ3v) is 2.84. The summed E-state index contributed by atoms with van der Waals surface area (Å²) in [5.41, 5.74) is 4.64. The Morgan fingerprint density at radius 3 is 2.48 bits per heavy atom. The Bertz CT molecular complexity index is 653. The van der Waals surface area contributed by atoms with Crippen LogP contribution in [-0.4, -0.2) is 5.91 Å². The van der Waals surface area contributed by atoms with Gasteiger partial charge >= 0.3 is 6.18 Å². The number of halogens is 3. The summed E-state index contributed by atoms with van der Waals surface area (Å²) in [5.74, 6) is -0.348. The minimum absolute atomic E-state index is 0.0227. The summed E-state index contributed by atoms with van der Waals surface area (Å²) in [7, 11) is 0. The molecule has 0 atom stereocenters. The lowest BCUT2D eigenvalue weighted by atomic mass is 10.1. The Kier molecular flexibility index (Phi) is 4.16. The Labute approximate surface area is 119 Å². The highest BCUT2D eigenvalue weighted by atomic mass is 19.4. The Morgan fingerprint density at radius 2 is 1.81 bits per heavy atom. The van der Waals surface area contributed by atoms with E-state index in [-0.39, 0.29) is 23.5 Å². The molecule has 0 unspecified atom stereocenters. The molecule has 0 bridgehead atoms. The molecule has 21 heavy (non-hydrogen) atoms. The molecule has 0 radical (unpaired) electrons. The van der Waals surface area contributed by atoms with Crippen LogP contribution in [0.15, 0.2) is 48.5 Å². The first kappa shape index (κ1) is 14.9. The van der Waals surface area contributed by atoms with E-state index in [0.717, 1.165) is 6.07 Å². The molecule has 0 saturated carbocycles. The van der Waals surface area contributed by atoms with Crippen molar-refractivity contribution in [3.63, 3.8) is 0 Å². The van der Waals surface area contributed by atoms with Crippen molar-refractivity contribution in [2.45, 2.75) is 12.8 Å². The molecule has 110 valence electrons. The fraction of sp³-hybridized carbons (Fsp3) is 0.133. The Morgan fingerprint density at radius 1 is 1.10 bits per heavy atom. The van der Waals surface area contributed by atoms with Gasteiger partial charge in [-0.25, -0.2) is 0 Å². The number of hydrogen-bond donors (Lipinski definition) is 1. The van der Waals surface area contributed by atoms with Gasteiger partial charge in [0.15, 0.2) is 0 Å². The molecule has 0 spiro atoms. The lowest BCUT2D eigenvalue weighted by Gasteiger charge is -2.13. The maximum absolute atomic E-state index is 12.8. The molecule has 2 aromatic carbocycles. The molecule has 0 heterocycles. The number of nitrogens with two attached hydrogens (primary N) is 1. The third-order valence-electron chi connectivity index (χ3n) is 2.84. The number of carbonyl (C=O) groups excluding carboxylic acids is 1. The van der Waals surface area contributed by atoms with Crippen molar-refractivity contribution in [1.82, 2.24) is 0 Å². The summed E-state index contributed by atoms with van der Waals surface area (Å²) >= 11 is 0. The predicted octanol–water partition coefficient (Wildman–Crippen LogP) is 3.38. The van der Waals surface area contributed by atoms with Gasteiger partial charge in [-0.05, 0) is 24.3 Å². The number of alkyl halides is 3. The first-order valence-electron chi connectivity index (χ1n) is 6.05. The molecule has 0 aliphatic carbocycles. The van der Waals surface area contributed by atoms with Gasteiger partial charge in [0.2, 0.25) is 5.91 Å². The van der Waals surface area contributed by atoms with Crippen LogP contribution in [0.2, 0.25) is 0 Å². The summed E-state index contributed by atoms with van der Waals surface area (Å²) < 4.78 is 43.8.